The quantitative estimate of drug-likeness (QED) is 0.886. The molecule has 1 aliphatic carbocycles. The van der Waals surface area contributed by atoms with Crippen LogP contribution in [0.1, 0.15) is 12.8 Å². The van der Waals surface area contributed by atoms with Crippen LogP contribution in [0.15, 0.2) is 30.5 Å². The van der Waals surface area contributed by atoms with Gasteiger partial charge in [-0.15, -0.1) is 0 Å². The van der Waals surface area contributed by atoms with Crippen molar-refractivity contribution in [2.75, 3.05) is 18.0 Å². The van der Waals surface area contributed by atoms with Crippen molar-refractivity contribution in [3.8, 4) is 0 Å². The Morgan fingerprint density at radius 3 is 2.89 bits per heavy atom. The molecule has 1 aromatic heterocycles. The van der Waals surface area contributed by atoms with E-state index in [0.717, 1.165) is 17.4 Å². The highest BCUT2D eigenvalue weighted by Gasteiger charge is 2.26. The van der Waals surface area contributed by atoms with Crippen LogP contribution in [0.25, 0.3) is 10.9 Å². The molecular formula is C14H15N3O2. The highest BCUT2D eigenvalue weighted by Crippen LogP contribution is 2.30. The molecule has 98 valence electrons. The molecule has 0 bridgehead atoms. The first-order valence-corrected chi connectivity index (χ1v) is 6.41. The molecule has 1 saturated carbocycles. The Labute approximate surface area is 110 Å². The van der Waals surface area contributed by atoms with Gasteiger partial charge in [0.15, 0.2) is 0 Å². The van der Waals surface area contributed by atoms with Crippen LogP contribution in [0.4, 0.5) is 5.95 Å². The van der Waals surface area contributed by atoms with Crippen molar-refractivity contribution in [2.45, 2.75) is 12.8 Å². The van der Waals surface area contributed by atoms with Crippen LogP contribution in [0, 0.1) is 5.92 Å². The van der Waals surface area contributed by atoms with E-state index in [2.05, 4.69) is 9.97 Å². The zero-order chi connectivity index (χ0) is 13.2. The van der Waals surface area contributed by atoms with Gasteiger partial charge in [-0.3, -0.25) is 4.79 Å². The van der Waals surface area contributed by atoms with Crippen molar-refractivity contribution in [2.24, 2.45) is 5.92 Å². The number of carbonyl (C=O) groups is 1. The lowest BCUT2D eigenvalue weighted by molar-refractivity contribution is -0.135. The first-order valence-electron chi connectivity index (χ1n) is 6.41. The first kappa shape index (κ1) is 11.9. The maximum atomic E-state index is 11.0. The second-order valence-electron chi connectivity index (χ2n) is 4.95. The third-order valence-corrected chi connectivity index (χ3v) is 3.26. The van der Waals surface area contributed by atoms with Gasteiger partial charge in [0.25, 0.3) is 0 Å². The summed E-state index contributed by atoms with van der Waals surface area (Å²) < 4.78 is 0. The van der Waals surface area contributed by atoms with Crippen LogP contribution < -0.4 is 4.90 Å². The molecule has 2 aromatic rings. The lowest BCUT2D eigenvalue weighted by atomic mass is 10.2. The van der Waals surface area contributed by atoms with Gasteiger partial charge in [-0.25, -0.2) is 9.97 Å². The molecule has 0 unspecified atom stereocenters. The second-order valence-corrected chi connectivity index (χ2v) is 4.95. The summed E-state index contributed by atoms with van der Waals surface area (Å²) in [4.78, 5) is 21.5. The minimum absolute atomic E-state index is 0.0468. The van der Waals surface area contributed by atoms with Gasteiger partial charge in [-0.1, -0.05) is 18.2 Å². The molecule has 0 aliphatic heterocycles. The smallest absolute Gasteiger partial charge is 0.323 e. The van der Waals surface area contributed by atoms with Crippen molar-refractivity contribution in [1.82, 2.24) is 9.97 Å². The van der Waals surface area contributed by atoms with Gasteiger partial charge in [0.05, 0.1) is 5.52 Å². The first-order chi connectivity index (χ1) is 9.22. The van der Waals surface area contributed by atoms with Gasteiger partial charge < -0.3 is 10.0 Å². The van der Waals surface area contributed by atoms with Crippen LogP contribution in [-0.2, 0) is 4.79 Å². The zero-order valence-electron chi connectivity index (χ0n) is 10.5. The van der Waals surface area contributed by atoms with Crippen molar-refractivity contribution < 1.29 is 9.90 Å². The lowest BCUT2D eigenvalue weighted by Crippen LogP contribution is -2.33. The van der Waals surface area contributed by atoms with Crippen molar-refractivity contribution in [1.29, 1.82) is 0 Å². The topological polar surface area (TPSA) is 66.3 Å². The Bertz CT molecular complexity index is 610. The Balaban J connectivity index is 1.91. The third kappa shape index (κ3) is 2.81. The van der Waals surface area contributed by atoms with E-state index in [1.807, 2.05) is 24.3 Å². The number of rotatable bonds is 5. The number of anilines is 1. The molecule has 1 fully saturated rings. The van der Waals surface area contributed by atoms with Crippen LogP contribution in [0.3, 0.4) is 0 Å². The molecule has 0 atom stereocenters. The van der Waals surface area contributed by atoms with Gasteiger partial charge in [0, 0.05) is 18.1 Å². The van der Waals surface area contributed by atoms with Gasteiger partial charge in [-0.2, -0.15) is 0 Å². The van der Waals surface area contributed by atoms with Gasteiger partial charge in [0.1, 0.15) is 6.54 Å². The van der Waals surface area contributed by atoms with Crippen LogP contribution in [-0.4, -0.2) is 34.1 Å². The fourth-order valence-electron chi connectivity index (χ4n) is 2.11. The number of carboxylic acids is 1. The number of aromatic nitrogens is 2. The summed E-state index contributed by atoms with van der Waals surface area (Å²) >= 11 is 0. The molecule has 0 saturated heterocycles. The Kier molecular flexibility index (Phi) is 3.03. The molecule has 1 heterocycles. The monoisotopic (exact) mass is 257 g/mol. The van der Waals surface area contributed by atoms with Crippen LogP contribution >= 0.6 is 0 Å². The van der Waals surface area contributed by atoms with E-state index in [0.29, 0.717) is 11.9 Å². The SMILES string of the molecule is O=C(O)CN(CC1CC1)c1ncc2ccccc2n1. The summed E-state index contributed by atoms with van der Waals surface area (Å²) in [6.45, 7) is 0.680. The van der Waals surface area contributed by atoms with E-state index >= 15 is 0 Å². The average Bonchev–Trinajstić information content (AvgIpc) is 3.21. The Hall–Kier alpha value is -2.17. The molecule has 0 radical (unpaired) electrons. The predicted octanol–water partition coefficient (Wildman–Crippen LogP) is 1.93. The Morgan fingerprint density at radius 1 is 1.37 bits per heavy atom. The zero-order valence-corrected chi connectivity index (χ0v) is 10.5. The molecule has 0 amide bonds. The lowest BCUT2D eigenvalue weighted by Gasteiger charge is -2.20. The number of fused-ring (bicyclic) bond motifs is 1. The van der Waals surface area contributed by atoms with Crippen molar-refractivity contribution in [3.05, 3.63) is 30.5 Å². The van der Waals surface area contributed by atoms with E-state index in [1.54, 1.807) is 11.1 Å². The number of benzene rings is 1. The summed E-state index contributed by atoms with van der Waals surface area (Å²) in [5, 5.41) is 9.96. The van der Waals surface area contributed by atoms with E-state index in [9.17, 15) is 4.79 Å². The van der Waals surface area contributed by atoms with E-state index in [4.69, 9.17) is 5.11 Å². The number of aliphatic carboxylic acids is 1. The fourth-order valence-corrected chi connectivity index (χ4v) is 2.11. The van der Waals surface area contributed by atoms with E-state index < -0.39 is 5.97 Å². The summed E-state index contributed by atoms with van der Waals surface area (Å²) in [6, 6.07) is 7.71. The number of para-hydroxylation sites is 1. The number of hydrogen-bond acceptors (Lipinski definition) is 4. The third-order valence-electron chi connectivity index (χ3n) is 3.26. The normalized spacial score (nSPS) is 14.5. The molecule has 5 heteroatoms. The fraction of sp³-hybridized carbons (Fsp3) is 0.357. The van der Waals surface area contributed by atoms with Crippen LogP contribution in [0.5, 0.6) is 0 Å². The van der Waals surface area contributed by atoms with E-state index in [1.165, 1.54) is 12.8 Å². The van der Waals surface area contributed by atoms with Crippen molar-refractivity contribution >= 4 is 22.8 Å². The maximum absolute atomic E-state index is 11.0. The molecule has 1 aromatic carbocycles. The second kappa shape index (κ2) is 4.84. The molecule has 0 spiro atoms. The summed E-state index contributed by atoms with van der Waals surface area (Å²) in [5.41, 5.74) is 0.846. The molecule has 5 nitrogen and oxygen atoms in total. The number of carboxylic acid groups (broad SMARTS) is 1. The number of nitrogens with zero attached hydrogens (tertiary/aromatic N) is 3. The summed E-state index contributed by atoms with van der Waals surface area (Å²) in [6.07, 6.45) is 4.09. The summed E-state index contributed by atoms with van der Waals surface area (Å²) in [5.74, 6) is 0.250. The molecule has 3 rings (SSSR count). The molecule has 1 N–H and O–H groups in total. The minimum Gasteiger partial charge on any atom is -0.480 e. The summed E-state index contributed by atoms with van der Waals surface area (Å²) in [7, 11) is 0. The largest absolute Gasteiger partial charge is 0.480 e. The average molecular weight is 257 g/mol. The van der Waals surface area contributed by atoms with E-state index in [-0.39, 0.29) is 6.54 Å². The number of hydrogen-bond donors (Lipinski definition) is 1. The van der Waals surface area contributed by atoms with Gasteiger partial charge >= 0.3 is 5.97 Å². The standard InChI is InChI=1S/C14H15N3O2/c18-13(19)9-17(8-10-5-6-10)14-15-7-11-3-1-2-4-12(11)16-14/h1-4,7,10H,5-6,8-9H2,(H,18,19). The van der Waals surface area contributed by atoms with Gasteiger partial charge in [0.2, 0.25) is 5.95 Å². The molecular weight excluding hydrogens is 242 g/mol. The molecule has 1 aliphatic rings. The van der Waals surface area contributed by atoms with Gasteiger partial charge in [-0.05, 0) is 24.8 Å². The predicted molar refractivity (Wildman–Crippen MR) is 72.1 cm³/mol. The minimum atomic E-state index is -0.850. The Morgan fingerprint density at radius 2 is 2.16 bits per heavy atom. The highest BCUT2D eigenvalue weighted by atomic mass is 16.4. The maximum Gasteiger partial charge on any atom is 0.323 e. The van der Waals surface area contributed by atoms with Crippen LogP contribution in [0.2, 0.25) is 0 Å². The highest BCUT2D eigenvalue weighted by molar-refractivity contribution is 5.79. The van der Waals surface area contributed by atoms with Crippen molar-refractivity contribution in [3.63, 3.8) is 0 Å². The molecule has 19 heavy (non-hydrogen) atoms.